The van der Waals surface area contributed by atoms with Gasteiger partial charge in [0.1, 0.15) is 17.2 Å². The molecule has 4 rings (SSSR count). The third-order valence-electron chi connectivity index (χ3n) is 7.46. The lowest BCUT2D eigenvalue weighted by molar-refractivity contribution is -0.157. The first-order valence-corrected chi connectivity index (χ1v) is 15.5. The lowest BCUT2D eigenvalue weighted by atomic mass is 9.92. The van der Waals surface area contributed by atoms with Gasteiger partial charge < -0.3 is 15.0 Å². The zero-order valence-corrected chi connectivity index (χ0v) is 27.0. The fourth-order valence-corrected chi connectivity index (χ4v) is 5.64. The average molecular weight is 647 g/mol. The smallest absolute Gasteiger partial charge is 0.307 e. The highest BCUT2D eigenvalue weighted by Crippen LogP contribution is 2.36. The number of hydrogen-bond acceptors (Lipinski definition) is 5. The molecule has 236 valence electrons. The molecule has 44 heavy (non-hydrogen) atoms. The minimum Gasteiger partial charge on any atom is -0.460 e. The van der Waals surface area contributed by atoms with Crippen LogP contribution >= 0.6 is 23.2 Å². The van der Waals surface area contributed by atoms with Gasteiger partial charge in [-0.25, -0.2) is 8.78 Å². The van der Waals surface area contributed by atoms with E-state index in [1.54, 1.807) is 27.7 Å². The Labute approximate surface area is 268 Å². The molecular formula is C34H39Cl2F2N3O3. The minimum absolute atomic E-state index is 0.0138. The number of ether oxygens (including phenoxy) is 1. The maximum atomic E-state index is 14.3. The molecule has 1 N–H and O–H groups in total. The van der Waals surface area contributed by atoms with Gasteiger partial charge in [-0.1, -0.05) is 54.4 Å². The van der Waals surface area contributed by atoms with Crippen molar-refractivity contribution in [3.05, 3.63) is 99.5 Å². The Morgan fingerprint density at radius 1 is 0.955 bits per heavy atom. The Morgan fingerprint density at radius 2 is 1.48 bits per heavy atom. The third kappa shape index (κ3) is 9.40. The predicted molar refractivity (Wildman–Crippen MR) is 171 cm³/mol. The van der Waals surface area contributed by atoms with E-state index in [4.69, 9.17) is 27.9 Å². The summed E-state index contributed by atoms with van der Waals surface area (Å²) in [5.74, 6) is -2.51. The van der Waals surface area contributed by atoms with Gasteiger partial charge in [0.05, 0.1) is 18.5 Å². The van der Waals surface area contributed by atoms with E-state index in [1.165, 1.54) is 12.1 Å². The normalized spacial score (nSPS) is 14.7. The molecule has 1 fully saturated rings. The van der Waals surface area contributed by atoms with E-state index in [9.17, 15) is 18.4 Å². The molecule has 3 aromatic carbocycles. The van der Waals surface area contributed by atoms with E-state index < -0.39 is 29.1 Å². The first kappa shape index (κ1) is 33.7. The molecule has 1 aliphatic heterocycles. The molecule has 0 saturated carbocycles. The summed E-state index contributed by atoms with van der Waals surface area (Å²) in [5.41, 5.74) is 1.98. The van der Waals surface area contributed by atoms with Crippen LogP contribution in [0.1, 0.15) is 57.7 Å². The van der Waals surface area contributed by atoms with Crippen LogP contribution in [-0.2, 0) is 14.3 Å². The summed E-state index contributed by atoms with van der Waals surface area (Å²) in [6.07, 6.45) is 0.523. The molecule has 6 nitrogen and oxygen atoms in total. The van der Waals surface area contributed by atoms with Crippen molar-refractivity contribution in [1.82, 2.24) is 10.2 Å². The highest BCUT2D eigenvalue weighted by atomic mass is 35.5. The molecule has 0 aromatic heterocycles. The van der Waals surface area contributed by atoms with Crippen LogP contribution in [0.5, 0.6) is 0 Å². The van der Waals surface area contributed by atoms with Crippen LogP contribution in [0.3, 0.4) is 0 Å². The molecule has 3 aromatic rings. The average Bonchev–Trinajstić information content (AvgIpc) is 2.90. The molecule has 0 bridgehead atoms. The summed E-state index contributed by atoms with van der Waals surface area (Å²) >= 11 is 12.3. The summed E-state index contributed by atoms with van der Waals surface area (Å²) in [5, 5.41) is 4.18. The molecule has 0 spiro atoms. The summed E-state index contributed by atoms with van der Waals surface area (Å²) in [6, 6.07) is 18.9. The maximum absolute atomic E-state index is 14.3. The quantitative estimate of drug-likeness (QED) is 0.164. The molecule has 1 amide bonds. The Bertz CT molecular complexity index is 1360. The third-order valence-corrected chi connectivity index (χ3v) is 7.97. The van der Waals surface area contributed by atoms with Crippen molar-refractivity contribution in [2.45, 2.75) is 58.2 Å². The van der Waals surface area contributed by atoms with Crippen LogP contribution in [0.25, 0.3) is 0 Å². The molecule has 1 heterocycles. The van der Waals surface area contributed by atoms with E-state index >= 15 is 0 Å². The van der Waals surface area contributed by atoms with Crippen LogP contribution in [-0.4, -0.2) is 54.6 Å². The number of rotatable bonds is 12. The highest BCUT2D eigenvalue weighted by molar-refractivity contribution is 6.30. The SMILES string of the molecule is CC(CC(=O)OC(C)(C)C)C(=O)NCCCN(c1cc(F)cc(F)c1)C1CN(C(c2ccc(Cl)cc2)c2ccc(Cl)cc2)C1. The van der Waals surface area contributed by atoms with Gasteiger partial charge in [0.25, 0.3) is 0 Å². The number of halogens is 4. The van der Waals surface area contributed by atoms with Gasteiger partial charge in [-0.05, 0) is 74.7 Å². The van der Waals surface area contributed by atoms with Crippen molar-refractivity contribution < 1.29 is 23.1 Å². The molecule has 0 aliphatic carbocycles. The summed E-state index contributed by atoms with van der Waals surface area (Å²) in [6.45, 7) is 9.13. The molecule has 1 saturated heterocycles. The number of esters is 1. The largest absolute Gasteiger partial charge is 0.460 e. The van der Waals surface area contributed by atoms with Crippen molar-refractivity contribution in [1.29, 1.82) is 0 Å². The Hall–Kier alpha value is -3.20. The van der Waals surface area contributed by atoms with Crippen molar-refractivity contribution in [2.75, 3.05) is 31.1 Å². The second-order valence-corrected chi connectivity index (χ2v) is 13.1. The van der Waals surface area contributed by atoms with Gasteiger partial charge in [0.2, 0.25) is 5.91 Å². The fraction of sp³-hybridized carbons (Fsp3) is 0.412. The lowest BCUT2D eigenvalue weighted by Gasteiger charge is -2.50. The van der Waals surface area contributed by atoms with Crippen molar-refractivity contribution >= 4 is 40.8 Å². The fourth-order valence-electron chi connectivity index (χ4n) is 5.39. The molecule has 1 unspecified atom stereocenters. The number of anilines is 1. The van der Waals surface area contributed by atoms with E-state index in [-0.39, 0.29) is 24.4 Å². The number of benzene rings is 3. The number of nitrogens with zero attached hydrogens (tertiary/aromatic N) is 2. The Balaban J connectivity index is 1.42. The van der Waals surface area contributed by atoms with E-state index in [2.05, 4.69) is 10.2 Å². The molecule has 0 radical (unpaired) electrons. The number of carbonyl (C=O) groups is 2. The van der Waals surface area contributed by atoms with Gasteiger partial charge in [0, 0.05) is 53.9 Å². The number of likely N-dealkylation sites (tertiary alicyclic amines) is 1. The Kier molecular flexibility index (Phi) is 11.3. The van der Waals surface area contributed by atoms with Crippen LogP contribution in [0, 0.1) is 17.6 Å². The highest BCUT2D eigenvalue weighted by Gasteiger charge is 2.37. The van der Waals surface area contributed by atoms with E-state index in [1.807, 2.05) is 53.4 Å². The Morgan fingerprint density at radius 3 is 1.98 bits per heavy atom. The monoisotopic (exact) mass is 645 g/mol. The van der Waals surface area contributed by atoms with Crippen LogP contribution in [0.15, 0.2) is 66.7 Å². The number of hydrogen-bond donors (Lipinski definition) is 1. The topological polar surface area (TPSA) is 61.9 Å². The second-order valence-electron chi connectivity index (χ2n) is 12.3. The molecule has 10 heteroatoms. The van der Waals surface area contributed by atoms with Gasteiger partial charge in [0.15, 0.2) is 0 Å². The van der Waals surface area contributed by atoms with Crippen molar-refractivity contribution in [3.8, 4) is 0 Å². The van der Waals surface area contributed by atoms with E-state index in [0.29, 0.717) is 48.3 Å². The first-order chi connectivity index (χ1) is 20.8. The van der Waals surface area contributed by atoms with Gasteiger partial charge in [-0.2, -0.15) is 0 Å². The number of amides is 1. The summed E-state index contributed by atoms with van der Waals surface area (Å²) in [4.78, 5) is 29.0. The standard InChI is InChI=1S/C34H39Cl2F2N3O3/c1-22(16-31(42)44-34(2,3)4)33(43)39-14-5-15-41(29-18-27(37)17-28(38)19-29)30-20-40(21-30)32(23-6-10-25(35)11-7-23)24-8-12-26(36)13-9-24/h6-13,17-19,22,30,32H,5,14-16,20-21H2,1-4H3,(H,39,43). The molecule has 1 aliphatic rings. The van der Waals surface area contributed by atoms with Crippen LogP contribution in [0.2, 0.25) is 10.0 Å². The van der Waals surface area contributed by atoms with Gasteiger partial charge >= 0.3 is 5.97 Å². The van der Waals surface area contributed by atoms with Crippen molar-refractivity contribution in [3.63, 3.8) is 0 Å². The number of carbonyl (C=O) groups excluding carboxylic acids is 2. The maximum Gasteiger partial charge on any atom is 0.307 e. The summed E-state index contributed by atoms with van der Waals surface area (Å²) < 4.78 is 33.9. The summed E-state index contributed by atoms with van der Waals surface area (Å²) in [7, 11) is 0. The minimum atomic E-state index is -0.648. The van der Waals surface area contributed by atoms with Crippen molar-refractivity contribution in [2.24, 2.45) is 5.92 Å². The zero-order valence-electron chi connectivity index (χ0n) is 25.5. The first-order valence-electron chi connectivity index (χ1n) is 14.8. The van der Waals surface area contributed by atoms with Gasteiger partial charge in [-0.3, -0.25) is 14.5 Å². The zero-order chi connectivity index (χ0) is 32.0. The van der Waals surface area contributed by atoms with Crippen LogP contribution < -0.4 is 10.2 Å². The van der Waals surface area contributed by atoms with Gasteiger partial charge in [-0.15, -0.1) is 0 Å². The lowest BCUT2D eigenvalue weighted by Crippen LogP contribution is -2.60. The van der Waals surface area contributed by atoms with E-state index in [0.717, 1.165) is 17.2 Å². The number of nitrogens with one attached hydrogen (secondary N) is 1. The van der Waals surface area contributed by atoms with Crippen LogP contribution in [0.4, 0.5) is 14.5 Å². The second kappa shape index (κ2) is 14.7. The molecular weight excluding hydrogens is 607 g/mol. The predicted octanol–water partition coefficient (Wildman–Crippen LogP) is 7.43. The molecule has 1 atom stereocenters.